The normalized spacial score (nSPS) is 12.9. The number of carbonyl (C=O) groups is 2. The molecule has 0 aromatic heterocycles. The van der Waals surface area contributed by atoms with Gasteiger partial charge in [0.2, 0.25) is 0 Å². The average Bonchev–Trinajstić information content (AvgIpc) is 2.76. The number of hydrogen-bond acceptors (Lipinski definition) is 4. The van der Waals surface area contributed by atoms with Crippen molar-refractivity contribution in [3.63, 3.8) is 0 Å². The van der Waals surface area contributed by atoms with E-state index in [1.165, 1.54) is 45.4 Å². The Labute approximate surface area is 194 Å². The number of hydrogen-bond donors (Lipinski definition) is 1. The van der Waals surface area contributed by atoms with Crippen LogP contribution in [-0.4, -0.2) is 29.3 Å². The summed E-state index contributed by atoms with van der Waals surface area (Å²) in [5, 5.41) is 9.36. The second kappa shape index (κ2) is 18.7. The van der Waals surface area contributed by atoms with Crippen molar-refractivity contribution in [1.29, 1.82) is 0 Å². The first-order valence-electron chi connectivity index (χ1n) is 12.6. The molecule has 0 saturated carbocycles. The van der Waals surface area contributed by atoms with Crippen molar-refractivity contribution in [1.82, 2.24) is 0 Å². The minimum absolute atomic E-state index is 0.0990. The third kappa shape index (κ3) is 15.0. The molecular weight excluding hydrogens is 404 g/mol. The lowest BCUT2D eigenvalue weighted by Crippen LogP contribution is -2.23. The van der Waals surface area contributed by atoms with Crippen LogP contribution in [0.1, 0.15) is 109 Å². The number of carboxylic acids is 1. The molecule has 1 aromatic rings. The Morgan fingerprint density at radius 2 is 1.34 bits per heavy atom. The SMILES string of the molecule is CCCC(CCCCCCCCCCCCC(OCc1ccccc1)C(=O)O)OC(C)=O. The fourth-order valence-electron chi connectivity index (χ4n) is 3.98. The molecule has 32 heavy (non-hydrogen) atoms. The number of aliphatic carboxylic acids is 1. The second-order valence-corrected chi connectivity index (χ2v) is 8.76. The van der Waals surface area contributed by atoms with Crippen LogP contribution in [0.15, 0.2) is 30.3 Å². The van der Waals surface area contributed by atoms with E-state index in [0.29, 0.717) is 13.0 Å². The molecule has 0 bridgehead atoms. The van der Waals surface area contributed by atoms with Gasteiger partial charge in [0.25, 0.3) is 0 Å². The molecule has 0 heterocycles. The van der Waals surface area contributed by atoms with E-state index in [1.54, 1.807) is 0 Å². The minimum atomic E-state index is -0.866. The van der Waals surface area contributed by atoms with Crippen molar-refractivity contribution >= 4 is 11.9 Å². The topological polar surface area (TPSA) is 72.8 Å². The van der Waals surface area contributed by atoms with Crippen molar-refractivity contribution in [3.05, 3.63) is 35.9 Å². The van der Waals surface area contributed by atoms with E-state index >= 15 is 0 Å². The van der Waals surface area contributed by atoms with Gasteiger partial charge in [-0.1, -0.05) is 101 Å². The summed E-state index contributed by atoms with van der Waals surface area (Å²) in [7, 11) is 0. The molecule has 1 aromatic carbocycles. The Kier molecular flexibility index (Phi) is 16.4. The lowest BCUT2D eigenvalue weighted by molar-refractivity contribution is -0.152. The average molecular weight is 449 g/mol. The Morgan fingerprint density at radius 3 is 1.84 bits per heavy atom. The maximum atomic E-state index is 11.4. The Morgan fingerprint density at radius 1 is 0.812 bits per heavy atom. The van der Waals surface area contributed by atoms with Crippen LogP contribution >= 0.6 is 0 Å². The standard InChI is InChI=1S/C27H44O5/c1-3-17-25(32-23(2)28)20-15-10-8-6-4-5-7-9-11-16-21-26(27(29)30)31-22-24-18-13-12-14-19-24/h12-14,18-19,25-26H,3-11,15-17,20-22H2,1-2H3,(H,29,30). The fourth-order valence-corrected chi connectivity index (χ4v) is 3.98. The van der Waals surface area contributed by atoms with Gasteiger partial charge < -0.3 is 14.6 Å². The first kappa shape index (κ1) is 28.2. The first-order chi connectivity index (χ1) is 15.5. The highest BCUT2D eigenvalue weighted by Crippen LogP contribution is 2.16. The Balaban J connectivity index is 1.97. The zero-order chi connectivity index (χ0) is 23.4. The summed E-state index contributed by atoms with van der Waals surface area (Å²) in [5.74, 6) is -1.03. The molecule has 1 N–H and O–H groups in total. The number of esters is 1. The van der Waals surface area contributed by atoms with Gasteiger partial charge in [-0.25, -0.2) is 4.79 Å². The molecule has 182 valence electrons. The molecular formula is C27H44O5. The number of benzene rings is 1. The molecule has 0 fully saturated rings. The van der Waals surface area contributed by atoms with Crippen LogP contribution in [-0.2, 0) is 25.7 Å². The van der Waals surface area contributed by atoms with Crippen LogP contribution in [0.25, 0.3) is 0 Å². The van der Waals surface area contributed by atoms with Gasteiger partial charge in [0.1, 0.15) is 6.10 Å². The number of ether oxygens (including phenoxy) is 2. The lowest BCUT2D eigenvalue weighted by Gasteiger charge is -2.15. The summed E-state index contributed by atoms with van der Waals surface area (Å²) in [6.45, 7) is 3.97. The van der Waals surface area contributed by atoms with Gasteiger partial charge >= 0.3 is 11.9 Å². The van der Waals surface area contributed by atoms with Crippen molar-refractivity contribution in [2.75, 3.05) is 0 Å². The van der Waals surface area contributed by atoms with E-state index < -0.39 is 12.1 Å². The van der Waals surface area contributed by atoms with Crippen LogP contribution in [0, 0.1) is 0 Å². The summed E-state index contributed by atoms with van der Waals surface area (Å²) in [6, 6.07) is 9.71. The summed E-state index contributed by atoms with van der Waals surface area (Å²) in [6.07, 6.45) is 14.7. The molecule has 5 nitrogen and oxygen atoms in total. The third-order valence-corrected chi connectivity index (χ3v) is 5.76. The summed E-state index contributed by atoms with van der Waals surface area (Å²) in [4.78, 5) is 22.5. The van der Waals surface area contributed by atoms with E-state index in [0.717, 1.165) is 50.5 Å². The van der Waals surface area contributed by atoms with Gasteiger partial charge in [-0.15, -0.1) is 0 Å². The van der Waals surface area contributed by atoms with E-state index in [1.807, 2.05) is 30.3 Å². The highest BCUT2D eigenvalue weighted by Gasteiger charge is 2.17. The highest BCUT2D eigenvalue weighted by atomic mass is 16.5. The minimum Gasteiger partial charge on any atom is -0.479 e. The fraction of sp³-hybridized carbons (Fsp3) is 0.704. The third-order valence-electron chi connectivity index (χ3n) is 5.76. The van der Waals surface area contributed by atoms with Gasteiger partial charge in [0, 0.05) is 6.92 Å². The van der Waals surface area contributed by atoms with Crippen LogP contribution in [0.5, 0.6) is 0 Å². The van der Waals surface area contributed by atoms with Crippen LogP contribution in [0.4, 0.5) is 0 Å². The monoisotopic (exact) mass is 448 g/mol. The lowest BCUT2D eigenvalue weighted by atomic mass is 10.0. The van der Waals surface area contributed by atoms with Crippen molar-refractivity contribution in [2.24, 2.45) is 0 Å². The zero-order valence-corrected chi connectivity index (χ0v) is 20.2. The molecule has 0 saturated heterocycles. The largest absolute Gasteiger partial charge is 0.479 e. The molecule has 1 rings (SSSR count). The maximum Gasteiger partial charge on any atom is 0.332 e. The molecule has 0 aliphatic heterocycles. The van der Waals surface area contributed by atoms with Crippen molar-refractivity contribution in [2.45, 2.75) is 123 Å². The maximum absolute atomic E-state index is 11.4. The molecule has 0 spiro atoms. The number of carboxylic acid groups (broad SMARTS) is 1. The highest BCUT2D eigenvalue weighted by molar-refractivity contribution is 5.72. The first-order valence-corrected chi connectivity index (χ1v) is 12.6. The van der Waals surface area contributed by atoms with E-state index in [2.05, 4.69) is 6.92 Å². The van der Waals surface area contributed by atoms with Crippen molar-refractivity contribution in [3.8, 4) is 0 Å². The number of rotatable bonds is 20. The summed E-state index contributed by atoms with van der Waals surface area (Å²) >= 11 is 0. The molecule has 0 aliphatic rings. The quantitative estimate of drug-likeness (QED) is 0.171. The number of carbonyl (C=O) groups excluding carboxylic acids is 1. The molecule has 0 amide bonds. The van der Waals surface area contributed by atoms with Crippen molar-refractivity contribution < 1.29 is 24.2 Å². The molecule has 0 radical (unpaired) electrons. The molecule has 5 heteroatoms. The second-order valence-electron chi connectivity index (χ2n) is 8.76. The van der Waals surface area contributed by atoms with E-state index in [-0.39, 0.29) is 12.1 Å². The van der Waals surface area contributed by atoms with Crippen LogP contribution < -0.4 is 0 Å². The van der Waals surface area contributed by atoms with Gasteiger partial charge in [0.05, 0.1) is 6.61 Å². The smallest absolute Gasteiger partial charge is 0.332 e. The predicted molar refractivity (Wildman–Crippen MR) is 129 cm³/mol. The zero-order valence-electron chi connectivity index (χ0n) is 20.2. The van der Waals surface area contributed by atoms with E-state index in [4.69, 9.17) is 9.47 Å². The summed E-state index contributed by atoms with van der Waals surface area (Å²) < 4.78 is 11.0. The van der Waals surface area contributed by atoms with Gasteiger partial charge in [-0.2, -0.15) is 0 Å². The molecule has 2 unspecified atom stereocenters. The van der Waals surface area contributed by atoms with Crippen LogP contribution in [0.2, 0.25) is 0 Å². The summed E-state index contributed by atoms with van der Waals surface area (Å²) in [5.41, 5.74) is 1.00. The Hall–Kier alpha value is -1.88. The van der Waals surface area contributed by atoms with Gasteiger partial charge in [-0.05, 0) is 31.2 Å². The van der Waals surface area contributed by atoms with Crippen LogP contribution in [0.3, 0.4) is 0 Å². The predicted octanol–water partition coefficient (Wildman–Crippen LogP) is 7.07. The van der Waals surface area contributed by atoms with Gasteiger partial charge in [0.15, 0.2) is 6.10 Å². The number of unbranched alkanes of at least 4 members (excludes halogenated alkanes) is 9. The Bertz CT molecular complexity index is 601. The molecule has 0 aliphatic carbocycles. The van der Waals surface area contributed by atoms with E-state index in [9.17, 15) is 14.7 Å². The molecule has 2 atom stereocenters. The van der Waals surface area contributed by atoms with Gasteiger partial charge in [-0.3, -0.25) is 4.79 Å².